The van der Waals surface area contributed by atoms with E-state index in [9.17, 15) is 9.59 Å². The number of urea groups is 1. The van der Waals surface area contributed by atoms with Crippen LogP contribution in [0.1, 0.15) is 26.7 Å². The molecule has 0 aliphatic carbocycles. The SMILES string of the molecule is CCCN(CC)C(=O)N1CCCN(CC(=O)O)CC1. The van der Waals surface area contributed by atoms with Crippen LogP contribution >= 0.6 is 0 Å². The number of nitrogens with zero attached hydrogens (tertiary/aromatic N) is 3. The molecule has 0 unspecified atom stereocenters. The molecule has 0 atom stereocenters. The third kappa shape index (κ3) is 5.06. The van der Waals surface area contributed by atoms with Gasteiger partial charge in [-0.15, -0.1) is 0 Å². The molecule has 1 heterocycles. The molecular weight excluding hydrogens is 246 g/mol. The average Bonchev–Trinajstić information content (AvgIpc) is 2.60. The molecule has 6 nitrogen and oxygen atoms in total. The molecular formula is C13H25N3O3. The van der Waals surface area contributed by atoms with E-state index in [4.69, 9.17) is 5.11 Å². The molecule has 19 heavy (non-hydrogen) atoms. The van der Waals surface area contributed by atoms with Gasteiger partial charge in [-0.3, -0.25) is 9.69 Å². The van der Waals surface area contributed by atoms with Crippen LogP contribution in [0.2, 0.25) is 0 Å². The van der Waals surface area contributed by atoms with Crippen molar-refractivity contribution in [2.45, 2.75) is 26.7 Å². The third-order valence-corrected chi connectivity index (χ3v) is 3.36. The Morgan fingerprint density at radius 2 is 1.89 bits per heavy atom. The average molecular weight is 271 g/mol. The van der Waals surface area contributed by atoms with Gasteiger partial charge in [0, 0.05) is 39.3 Å². The molecule has 6 heteroatoms. The molecule has 1 rings (SSSR count). The molecule has 0 radical (unpaired) electrons. The number of hydrogen-bond donors (Lipinski definition) is 1. The first-order chi connectivity index (χ1) is 9.08. The molecule has 1 saturated heterocycles. The number of aliphatic carboxylic acids is 1. The minimum absolute atomic E-state index is 0.0640. The number of hydrogen-bond acceptors (Lipinski definition) is 3. The summed E-state index contributed by atoms with van der Waals surface area (Å²) in [5.74, 6) is -0.805. The zero-order valence-electron chi connectivity index (χ0n) is 12.0. The molecule has 0 aromatic carbocycles. The Balaban J connectivity index is 2.51. The second-order valence-corrected chi connectivity index (χ2v) is 4.87. The van der Waals surface area contributed by atoms with E-state index >= 15 is 0 Å². The first-order valence-electron chi connectivity index (χ1n) is 7.06. The van der Waals surface area contributed by atoms with Crippen molar-refractivity contribution in [1.82, 2.24) is 14.7 Å². The Bertz CT molecular complexity index is 310. The van der Waals surface area contributed by atoms with E-state index in [2.05, 4.69) is 6.92 Å². The fourth-order valence-corrected chi connectivity index (χ4v) is 2.37. The Labute approximate surface area is 115 Å². The Morgan fingerprint density at radius 1 is 1.16 bits per heavy atom. The number of amides is 2. The van der Waals surface area contributed by atoms with Crippen LogP contribution < -0.4 is 0 Å². The number of carboxylic acids is 1. The molecule has 1 aliphatic rings. The summed E-state index contributed by atoms with van der Waals surface area (Å²) >= 11 is 0. The first kappa shape index (κ1) is 15.8. The van der Waals surface area contributed by atoms with Gasteiger partial charge in [-0.05, 0) is 19.8 Å². The lowest BCUT2D eigenvalue weighted by Crippen LogP contribution is -2.45. The highest BCUT2D eigenvalue weighted by Gasteiger charge is 2.23. The van der Waals surface area contributed by atoms with Crippen LogP contribution in [0.25, 0.3) is 0 Å². The topological polar surface area (TPSA) is 64.1 Å². The number of carbonyl (C=O) groups is 2. The third-order valence-electron chi connectivity index (χ3n) is 3.36. The molecule has 0 bridgehead atoms. The maximum absolute atomic E-state index is 12.3. The van der Waals surface area contributed by atoms with E-state index in [1.54, 1.807) is 0 Å². The molecule has 110 valence electrons. The highest BCUT2D eigenvalue weighted by molar-refractivity contribution is 5.74. The highest BCUT2D eigenvalue weighted by Crippen LogP contribution is 2.07. The largest absolute Gasteiger partial charge is 0.480 e. The lowest BCUT2D eigenvalue weighted by molar-refractivity contribution is -0.138. The molecule has 1 aliphatic heterocycles. The normalized spacial score (nSPS) is 17.1. The van der Waals surface area contributed by atoms with Crippen molar-refractivity contribution >= 4 is 12.0 Å². The molecule has 1 fully saturated rings. The van der Waals surface area contributed by atoms with E-state index in [-0.39, 0.29) is 12.6 Å². The van der Waals surface area contributed by atoms with Crippen molar-refractivity contribution in [3.63, 3.8) is 0 Å². The molecule has 0 spiro atoms. The lowest BCUT2D eigenvalue weighted by atomic mass is 10.3. The summed E-state index contributed by atoms with van der Waals surface area (Å²) in [4.78, 5) is 28.6. The summed E-state index contributed by atoms with van der Waals surface area (Å²) in [5.41, 5.74) is 0. The monoisotopic (exact) mass is 271 g/mol. The summed E-state index contributed by atoms with van der Waals surface area (Å²) in [7, 11) is 0. The quantitative estimate of drug-likeness (QED) is 0.808. The maximum Gasteiger partial charge on any atom is 0.320 e. The lowest BCUT2D eigenvalue weighted by Gasteiger charge is -2.29. The summed E-state index contributed by atoms with van der Waals surface area (Å²) in [5, 5.41) is 8.80. The predicted octanol–water partition coefficient (Wildman–Crippen LogP) is 0.931. The minimum atomic E-state index is -0.805. The molecule has 0 aromatic rings. The van der Waals surface area contributed by atoms with E-state index < -0.39 is 5.97 Å². The zero-order valence-corrected chi connectivity index (χ0v) is 12.0. The summed E-state index contributed by atoms with van der Waals surface area (Å²) in [6.07, 6.45) is 1.79. The fourth-order valence-electron chi connectivity index (χ4n) is 2.37. The number of rotatable bonds is 5. The predicted molar refractivity (Wildman–Crippen MR) is 73.2 cm³/mol. The van der Waals surface area contributed by atoms with E-state index in [1.165, 1.54) is 0 Å². The Morgan fingerprint density at radius 3 is 2.47 bits per heavy atom. The minimum Gasteiger partial charge on any atom is -0.480 e. The second kappa shape index (κ2) is 7.99. The van der Waals surface area contributed by atoms with Gasteiger partial charge in [0.15, 0.2) is 0 Å². The van der Waals surface area contributed by atoms with Crippen LogP contribution in [0.15, 0.2) is 0 Å². The van der Waals surface area contributed by atoms with Crippen molar-refractivity contribution in [1.29, 1.82) is 0 Å². The number of carbonyl (C=O) groups excluding carboxylic acids is 1. The van der Waals surface area contributed by atoms with Gasteiger partial charge < -0.3 is 14.9 Å². The van der Waals surface area contributed by atoms with Gasteiger partial charge in [-0.1, -0.05) is 6.92 Å². The van der Waals surface area contributed by atoms with Gasteiger partial charge >= 0.3 is 12.0 Å². The fraction of sp³-hybridized carbons (Fsp3) is 0.846. The molecule has 1 N–H and O–H groups in total. The standard InChI is InChI=1S/C13H25N3O3/c1-3-6-15(4-2)13(19)16-8-5-7-14(9-10-16)11-12(17)18/h3-11H2,1-2H3,(H,17,18). The molecule has 0 saturated carbocycles. The van der Waals surface area contributed by atoms with E-state index in [0.29, 0.717) is 13.1 Å². The molecule has 0 aromatic heterocycles. The first-order valence-corrected chi connectivity index (χ1v) is 7.06. The van der Waals surface area contributed by atoms with Crippen LogP contribution in [0, 0.1) is 0 Å². The van der Waals surface area contributed by atoms with Crippen LogP contribution in [-0.2, 0) is 4.79 Å². The number of carboxylic acid groups (broad SMARTS) is 1. The summed E-state index contributed by atoms with van der Waals surface area (Å²) in [6, 6.07) is 0.0847. The van der Waals surface area contributed by atoms with Crippen molar-refractivity contribution < 1.29 is 14.7 Å². The Hall–Kier alpha value is -1.30. The van der Waals surface area contributed by atoms with E-state index in [1.807, 2.05) is 21.6 Å². The second-order valence-electron chi connectivity index (χ2n) is 4.87. The highest BCUT2D eigenvalue weighted by atomic mass is 16.4. The van der Waals surface area contributed by atoms with Crippen LogP contribution in [0.4, 0.5) is 4.79 Å². The van der Waals surface area contributed by atoms with Crippen LogP contribution in [-0.4, -0.2) is 77.6 Å². The zero-order chi connectivity index (χ0) is 14.3. The summed E-state index contributed by atoms with van der Waals surface area (Å²) < 4.78 is 0. The van der Waals surface area contributed by atoms with Crippen molar-refractivity contribution in [2.24, 2.45) is 0 Å². The van der Waals surface area contributed by atoms with Gasteiger partial charge in [0.05, 0.1) is 6.54 Å². The van der Waals surface area contributed by atoms with Crippen LogP contribution in [0.3, 0.4) is 0 Å². The Kier molecular flexibility index (Phi) is 6.62. The maximum atomic E-state index is 12.3. The molecule has 2 amide bonds. The van der Waals surface area contributed by atoms with Crippen molar-refractivity contribution in [3.8, 4) is 0 Å². The van der Waals surface area contributed by atoms with Gasteiger partial charge in [0.1, 0.15) is 0 Å². The van der Waals surface area contributed by atoms with Gasteiger partial charge in [0.2, 0.25) is 0 Å². The van der Waals surface area contributed by atoms with E-state index in [0.717, 1.165) is 39.0 Å². The van der Waals surface area contributed by atoms with Gasteiger partial charge in [-0.2, -0.15) is 0 Å². The van der Waals surface area contributed by atoms with Crippen molar-refractivity contribution in [3.05, 3.63) is 0 Å². The van der Waals surface area contributed by atoms with Crippen LogP contribution in [0.5, 0.6) is 0 Å². The van der Waals surface area contributed by atoms with Crippen molar-refractivity contribution in [2.75, 3.05) is 45.8 Å². The van der Waals surface area contributed by atoms with Gasteiger partial charge in [-0.25, -0.2) is 4.79 Å². The smallest absolute Gasteiger partial charge is 0.320 e. The summed E-state index contributed by atoms with van der Waals surface area (Å²) in [6.45, 7) is 8.34. The van der Waals surface area contributed by atoms with Gasteiger partial charge in [0.25, 0.3) is 0 Å².